The van der Waals surface area contributed by atoms with E-state index in [4.69, 9.17) is 0 Å². The lowest BCUT2D eigenvalue weighted by molar-refractivity contribution is -0.0885. The van der Waals surface area contributed by atoms with Crippen molar-refractivity contribution in [1.82, 2.24) is 0 Å². The lowest BCUT2D eigenvalue weighted by Gasteiger charge is -2.21. The molecule has 0 saturated carbocycles. The summed E-state index contributed by atoms with van der Waals surface area (Å²) in [5.74, 6) is -3.99. The van der Waals surface area contributed by atoms with Gasteiger partial charge < -0.3 is 0 Å². The third-order valence-corrected chi connectivity index (χ3v) is 7.08. The van der Waals surface area contributed by atoms with Crippen molar-refractivity contribution >= 4 is 54.7 Å². The molecule has 0 N–H and O–H groups in total. The smallest absolute Gasteiger partial charge is 0.284 e. The van der Waals surface area contributed by atoms with Crippen LogP contribution in [-0.2, 0) is 0 Å². The van der Waals surface area contributed by atoms with E-state index in [1.807, 2.05) is 0 Å². The van der Waals surface area contributed by atoms with Crippen LogP contribution in [0.5, 0.6) is 0 Å². The Bertz CT molecular complexity index is 1760. The van der Waals surface area contributed by atoms with Gasteiger partial charge in [0, 0.05) is 11.1 Å². The first-order chi connectivity index (χ1) is 19.0. The predicted octanol–water partition coefficient (Wildman–Crippen LogP) is 9.46. The van der Waals surface area contributed by atoms with Crippen LogP contribution in [0.3, 0.4) is 0 Å². The molecule has 0 heterocycles. The molecule has 8 heteroatoms. The second-order valence-corrected chi connectivity index (χ2v) is 9.34. The van der Waals surface area contributed by atoms with Crippen LogP contribution in [0.1, 0.15) is 20.7 Å². The number of Topliss-reactive ketones (excluding diaryl/α,β-unsaturated/α-hetero) is 2. The number of halogens is 6. The van der Waals surface area contributed by atoms with Crippen molar-refractivity contribution in [2.24, 2.45) is 0 Å². The molecule has 6 aromatic carbocycles. The molecule has 0 bridgehead atoms. The maximum absolute atomic E-state index is 13.8. The molecular weight excluding hydrogens is 530 g/mol. The van der Waals surface area contributed by atoms with E-state index in [9.17, 15) is 35.9 Å². The minimum atomic E-state index is -5.13. The molecule has 0 fully saturated rings. The average molecular weight is 546 g/mol. The van der Waals surface area contributed by atoms with E-state index in [0.717, 1.165) is 0 Å². The molecule has 0 aromatic heterocycles. The molecule has 6 aromatic rings. The molecule has 0 unspecified atom stereocenters. The van der Waals surface area contributed by atoms with Gasteiger partial charge in [0.15, 0.2) is 0 Å². The number of alkyl halides is 6. The summed E-state index contributed by atoms with van der Waals surface area (Å²) in [5.41, 5.74) is -0.105. The van der Waals surface area contributed by atoms with E-state index in [0.29, 0.717) is 32.7 Å². The van der Waals surface area contributed by atoms with Crippen LogP contribution in [0.4, 0.5) is 26.3 Å². The van der Waals surface area contributed by atoms with Crippen molar-refractivity contribution in [1.29, 1.82) is 0 Å². The largest absolute Gasteiger partial charge is 0.454 e. The molecule has 0 aliphatic heterocycles. The van der Waals surface area contributed by atoms with E-state index in [1.54, 1.807) is 48.5 Å². The van der Waals surface area contributed by atoms with Gasteiger partial charge in [-0.15, -0.1) is 0 Å². The van der Waals surface area contributed by atoms with E-state index in [2.05, 4.69) is 0 Å². The molecule has 40 heavy (non-hydrogen) atoms. The van der Waals surface area contributed by atoms with Crippen LogP contribution in [0.15, 0.2) is 97.1 Å². The summed E-state index contributed by atoms with van der Waals surface area (Å²) in [7, 11) is 0. The Morgan fingerprint density at radius 2 is 0.575 bits per heavy atom. The number of benzene rings is 6. The Balaban J connectivity index is 1.89. The van der Waals surface area contributed by atoms with Crippen molar-refractivity contribution in [2.75, 3.05) is 0 Å². The quantitative estimate of drug-likeness (QED) is 0.126. The number of carbonyl (C=O) groups is 2. The van der Waals surface area contributed by atoms with Gasteiger partial charge in [-0.25, -0.2) is 0 Å². The van der Waals surface area contributed by atoms with Gasteiger partial charge in [0.1, 0.15) is 0 Å². The second kappa shape index (κ2) is 8.91. The maximum atomic E-state index is 13.8. The monoisotopic (exact) mass is 546 g/mol. The molecule has 0 saturated heterocycles. The SMILES string of the molecule is O=C(c1c2ccccc2c(-c2c3ccccc3c(C(=O)C(F)(F)F)c3ccccc23)c2ccccc12)C(F)(F)F. The zero-order valence-corrected chi connectivity index (χ0v) is 20.3. The summed E-state index contributed by atoms with van der Waals surface area (Å²) in [5, 5.41) is 1.50. The van der Waals surface area contributed by atoms with Gasteiger partial charge in [-0.2, -0.15) is 26.3 Å². The van der Waals surface area contributed by atoms with Crippen LogP contribution in [0, 0.1) is 0 Å². The Morgan fingerprint density at radius 1 is 0.375 bits per heavy atom. The number of rotatable bonds is 3. The zero-order chi connectivity index (χ0) is 28.4. The molecule has 0 radical (unpaired) electrons. The highest BCUT2D eigenvalue weighted by atomic mass is 19.4. The highest BCUT2D eigenvalue weighted by Gasteiger charge is 2.43. The number of hydrogen-bond acceptors (Lipinski definition) is 2. The van der Waals surface area contributed by atoms with Gasteiger partial charge in [-0.1, -0.05) is 97.1 Å². The normalized spacial score (nSPS) is 12.4. The fourth-order valence-electron chi connectivity index (χ4n) is 5.57. The minimum Gasteiger partial charge on any atom is -0.284 e. The van der Waals surface area contributed by atoms with Crippen LogP contribution < -0.4 is 0 Å². The number of hydrogen-bond donors (Lipinski definition) is 0. The Morgan fingerprint density at radius 3 is 0.775 bits per heavy atom. The third-order valence-electron chi connectivity index (χ3n) is 7.08. The highest BCUT2D eigenvalue weighted by molar-refractivity contribution is 6.32. The summed E-state index contributed by atoms with van der Waals surface area (Å²) in [6, 6.07) is 24.6. The molecule has 6 rings (SSSR count). The first-order valence-electron chi connectivity index (χ1n) is 12.1. The summed E-state index contributed by atoms with van der Waals surface area (Å²) in [6.07, 6.45) is -10.3. The van der Waals surface area contributed by atoms with Crippen LogP contribution >= 0.6 is 0 Å². The van der Waals surface area contributed by atoms with Crippen molar-refractivity contribution in [3.05, 3.63) is 108 Å². The van der Waals surface area contributed by atoms with Crippen LogP contribution in [0.2, 0.25) is 0 Å². The predicted molar refractivity (Wildman–Crippen MR) is 143 cm³/mol. The van der Waals surface area contributed by atoms with Gasteiger partial charge in [0.05, 0.1) is 0 Å². The van der Waals surface area contributed by atoms with Gasteiger partial charge in [-0.3, -0.25) is 9.59 Å². The molecule has 0 amide bonds. The van der Waals surface area contributed by atoms with E-state index < -0.39 is 35.0 Å². The average Bonchev–Trinajstić information content (AvgIpc) is 2.93. The lowest BCUT2D eigenvalue weighted by Crippen LogP contribution is -2.23. The summed E-state index contributed by atoms with van der Waals surface area (Å²) >= 11 is 0. The second-order valence-electron chi connectivity index (χ2n) is 9.34. The fraction of sp³-hybridized carbons (Fsp3) is 0.0625. The van der Waals surface area contributed by atoms with E-state index in [1.165, 1.54) is 48.5 Å². The van der Waals surface area contributed by atoms with Gasteiger partial charge in [-0.05, 0) is 54.2 Å². The van der Waals surface area contributed by atoms with Gasteiger partial charge >= 0.3 is 12.4 Å². The molecule has 198 valence electrons. The van der Waals surface area contributed by atoms with Gasteiger partial charge in [0.2, 0.25) is 0 Å². The third kappa shape index (κ3) is 3.82. The van der Waals surface area contributed by atoms with Crippen molar-refractivity contribution in [2.45, 2.75) is 12.4 Å². The van der Waals surface area contributed by atoms with Crippen molar-refractivity contribution in [3.8, 4) is 11.1 Å². The van der Waals surface area contributed by atoms with Gasteiger partial charge in [0.25, 0.3) is 11.6 Å². The van der Waals surface area contributed by atoms with E-state index in [-0.39, 0.29) is 21.5 Å². The maximum Gasteiger partial charge on any atom is 0.454 e. The first-order valence-corrected chi connectivity index (χ1v) is 12.1. The summed E-state index contributed by atoms with van der Waals surface area (Å²) in [4.78, 5) is 25.4. The molecule has 0 aliphatic carbocycles. The lowest BCUT2D eigenvalue weighted by atomic mass is 9.81. The number of fused-ring (bicyclic) bond motifs is 4. The highest BCUT2D eigenvalue weighted by Crippen LogP contribution is 2.47. The minimum absolute atomic E-state index is 0.0575. The Kier molecular flexibility index (Phi) is 5.69. The van der Waals surface area contributed by atoms with E-state index >= 15 is 0 Å². The summed E-state index contributed by atoms with van der Waals surface area (Å²) < 4.78 is 82.6. The molecule has 0 atom stereocenters. The van der Waals surface area contributed by atoms with Crippen molar-refractivity contribution < 1.29 is 35.9 Å². The Hall–Kier alpha value is -4.72. The molecular formula is C32H16F6O2. The first kappa shape index (κ1) is 25.6. The van der Waals surface area contributed by atoms with Crippen molar-refractivity contribution in [3.63, 3.8) is 0 Å². The number of carbonyl (C=O) groups excluding carboxylic acids is 2. The molecule has 0 aliphatic rings. The summed E-state index contributed by atoms with van der Waals surface area (Å²) in [6.45, 7) is 0. The molecule has 0 spiro atoms. The number of ketones is 2. The zero-order valence-electron chi connectivity index (χ0n) is 20.3. The topological polar surface area (TPSA) is 34.1 Å². The van der Waals surface area contributed by atoms with Crippen LogP contribution in [0.25, 0.3) is 54.2 Å². The molecule has 2 nitrogen and oxygen atoms in total. The standard InChI is InChI=1S/C32H16F6O2/c33-31(34,35)29(39)27-21-13-5-1-9-17(21)25(18-10-2-6-14-22(18)27)26-19-11-3-7-15-23(19)28(30(40)32(36,37)38)24-16-8-4-12-20(24)26/h1-16H. The fourth-order valence-corrected chi connectivity index (χ4v) is 5.57. The van der Waals surface area contributed by atoms with Crippen LogP contribution in [-0.4, -0.2) is 23.9 Å². The Labute approximate surface area is 222 Å².